The van der Waals surface area contributed by atoms with Crippen molar-refractivity contribution in [3.63, 3.8) is 0 Å². The van der Waals surface area contributed by atoms with Crippen LogP contribution in [0.1, 0.15) is 0 Å². The molecule has 3 heteroatoms. The van der Waals surface area contributed by atoms with Crippen LogP contribution in [0.2, 0.25) is 0 Å². The van der Waals surface area contributed by atoms with E-state index < -0.39 is 0 Å². The van der Waals surface area contributed by atoms with Gasteiger partial charge in [-0.25, -0.2) is 4.39 Å². The standard InChI is InChI=1S/C50H32FNO/c51-38-26-22-34(23-27-38)43-17-6-12-36-13-7-18-44(49(36)43)35-24-28-39(29-25-35)52(46-19-9-21-48-50(46)45-15-4-5-20-47(45)53-48)40-30-31-42-37(32-40)14-8-16-41(42)33-10-2-1-3-11-33/h1-32H. The zero-order chi connectivity index (χ0) is 35.3. The van der Waals surface area contributed by atoms with Crippen molar-refractivity contribution >= 4 is 60.5 Å². The SMILES string of the molecule is Fc1ccc(-c2cccc3cccc(-c4ccc(N(c5ccc6c(-c7ccccc7)cccc6c5)c5cccc6oc7ccccc7c56)cc4)c23)cc1. The van der Waals surface area contributed by atoms with E-state index in [4.69, 9.17) is 4.42 Å². The third kappa shape index (κ3) is 5.33. The Morgan fingerprint density at radius 1 is 0.377 bits per heavy atom. The Labute approximate surface area is 306 Å². The number of halogens is 1. The molecule has 0 fully saturated rings. The molecule has 10 aromatic rings. The van der Waals surface area contributed by atoms with Crippen molar-refractivity contribution in [3.8, 4) is 33.4 Å². The smallest absolute Gasteiger partial charge is 0.137 e. The molecule has 250 valence electrons. The van der Waals surface area contributed by atoms with Gasteiger partial charge in [0.1, 0.15) is 17.0 Å². The Hall–Kier alpha value is -6.97. The molecule has 0 spiro atoms. The quantitative estimate of drug-likeness (QED) is 0.174. The molecule has 0 amide bonds. The van der Waals surface area contributed by atoms with Gasteiger partial charge in [0, 0.05) is 16.8 Å². The van der Waals surface area contributed by atoms with Crippen LogP contribution in [0.15, 0.2) is 199 Å². The molecule has 0 aliphatic rings. The highest BCUT2D eigenvalue weighted by Gasteiger charge is 2.20. The molecule has 0 unspecified atom stereocenters. The fraction of sp³-hybridized carbons (Fsp3) is 0. The first-order chi connectivity index (χ1) is 26.2. The van der Waals surface area contributed by atoms with Gasteiger partial charge in [-0.15, -0.1) is 0 Å². The van der Waals surface area contributed by atoms with Crippen LogP contribution in [0.3, 0.4) is 0 Å². The molecule has 0 bridgehead atoms. The van der Waals surface area contributed by atoms with E-state index in [1.54, 1.807) is 0 Å². The van der Waals surface area contributed by atoms with Crippen LogP contribution < -0.4 is 4.90 Å². The Kier molecular flexibility index (Phi) is 7.36. The lowest BCUT2D eigenvalue weighted by molar-refractivity contribution is 0.628. The summed E-state index contributed by atoms with van der Waals surface area (Å²) in [7, 11) is 0. The second kappa shape index (κ2) is 12.7. The van der Waals surface area contributed by atoms with Crippen molar-refractivity contribution in [1.29, 1.82) is 0 Å². The predicted octanol–water partition coefficient (Wildman–Crippen LogP) is 14.5. The Morgan fingerprint density at radius 2 is 0.962 bits per heavy atom. The average molecular weight is 682 g/mol. The van der Waals surface area contributed by atoms with Gasteiger partial charge in [-0.1, -0.05) is 140 Å². The van der Waals surface area contributed by atoms with Gasteiger partial charge in [0.25, 0.3) is 0 Å². The fourth-order valence-electron chi connectivity index (χ4n) is 7.89. The van der Waals surface area contributed by atoms with Gasteiger partial charge in [0.15, 0.2) is 0 Å². The summed E-state index contributed by atoms with van der Waals surface area (Å²) >= 11 is 0. The van der Waals surface area contributed by atoms with Crippen molar-refractivity contribution < 1.29 is 8.81 Å². The normalized spacial score (nSPS) is 11.5. The molecule has 2 nitrogen and oxygen atoms in total. The molecule has 1 heterocycles. The minimum Gasteiger partial charge on any atom is -0.456 e. The first-order valence-electron chi connectivity index (χ1n) is 17.9. The fourth-order valence-corrected chi connectivity index (χ4v) is 7.89. The zero-order valence-corrected chi connectivity index (χ0v) is 28.7. The lowest BCUT2D eigenvalue weighted by Gasteiger charge is -2.27. The number of para-hydroxylation sites is 1. The van der Waals surface area contributed by atoms with Gasteiger partial charge in [0.05, 0.1) is 11.1 Å². The number of rotatable bonds is 6. The highest BCUT2D eigenvalue weighted by Crippen LogP contribution is 2.45. The van der Waals surface area contributed by atoms with Crippen LogP contribution in [0.4, 0.5) is 21.5 Å². The number of hydrogen-bond donors (Lipinski definition) is 0. The molecule has 9 aromatic carbocycles. The summed E-state index contributed by atoms with van der Waals surface area (Å²) in [6, 6.07) is 66.8. The van der Waals surface area contributed by atoms with Crippen LogP contribution in [-0.4, -0.2) is 0 Å². The molecular weight excluding hydrogens is 650 g/mol. The maximum atomic E-state index is 13.9. The summed E-state index contributed by atoms with van der Waals surface area (Å²) < 4.78 is 20.3. The third-order valence-corrected chi connectivity index (χ3v) is 10.3. The van der Waals surface area contributed by atoms with Gasteiger partial charge < -0.3 is 9.32 Å². The molecule has 0 aliphatic carbocycles. The summed E-state index contributed by atoms with van der Waals surface area (Å²) in [5.74, 6) is -0.239. The van der Waals surface area contributed by atoms with E-state index in [1.807, 2.05) is 30.3 Å². The number of furan rings is 1. The summed E-state index contributed by atoms with van der Waals surface area (Å²) in [6.07, 6.45) is 0. The molecule has 0 atom stereocenters. The minimum absolute atomic E-state index is 0.239. The molecule has 0 saturated carbocycles. The first-order valence-corrected chi connectivity index (χ1v) is 17.9. The third-order valence-electron chi connectivity index (χ3n) is 10.3. The van der Waals surface area contributed by atoms with Crippen molar-refractivity contribution in [1.82, 2.24) is 0 Å². The molecule has 0 N–H and O–H groups in total. The lowest BCUT2D eigenvalue weighted by Crippen LogP contribution is -2.10. The first kappa shape index (κ1) is 30.8. The average Bonchev–Trinajstić information content (AvgIpc) is 3.61. The largest absolute Gasteiger partial charge is 0.456 e. The summed E-state index contributed by atoms with van der Waals surface area (Å²) in [6.45, 7) is 0. The van der Waals surface area contributed by atoms with Crippen LogP contribution in [0.5, 0.6) is 0 Å². The monoisotopic (exact) mass is 681 g/mol. The lowest BCUT2D eigenvalue weighted by atomic mass is 9.91. The Bertz CT molecular complexity index is 2940. The van der Waals surface area contributed by atoms with E-state index in [0.29, 0.717) is 0 Å². The number of hydrogen-bond acceptors (Lipinski definition) is 2. The summed E-state index contributed by atoms with van der Waals surface area (Å²) in [5.41, 5.74) is 11.5. The minimum atomic E-state index is -0.239. The molecule has 0 radical (unpaired) electrons. The van der Waals surface area contributed by atoms with E-state index in [2.05, 4.69) is 157 Å². The summed E-state index contributed by atoms with van der Waals surface area (Å²) in [4.78, 5) is 2.34. The van der Waals surface area contributed by atoms with Crippen molar-refractivity contribution in [3.05, 3.63) is 200 Å². The molecule has 0 saturated heterocycles. The molecule has 1 aromatic heterocycles. The van der Waals surface area contributed by atoms with Crippen molar-refractivity contribution in [2.45, 2.75) is 0 Å². The van der Waals surface area contributed by atoms with Gasteiger partial charge in [0.2, 0.25) is 0 Å². The number of anilines is 3. The van der Waals surface area contributed by atoms with Gasteiger partial charge in [-0.3, -0.25) is 0 Å². The Balaban J connectivity index is 1.15. The molecule has 10 rings (SSSR count). The highest BCUT2D eigenvalue weighted by atomic mass is 19.1. The topological polar surface area (TPSA) is 16.4 Å². The molecule has 53 heavy (non-hydrogen) atoms. The van der Waals surface area contributed by atoms with Crippen LogP contribution in [-0.2, 0) is 0 Å². The van der Waals surface area contributed by atoms with Crippen LogP contribution >= 0.6 is 0 Å². The van der Waals surface area contributed by atoms with Crippen LogP contribution in [0.25, 0.3) is 76.9 Å². The van der Waals surface area contributed by atoms with Crippen LogP contribution in [0, 0.1) is 5.82 Å². The van der Waals surface area contributed by atoms with Crippen molar-refractivity contribution in [2.24, 2.45) is 0 Å². The second-order valence-corrected chi connectivity index (χ2v) is 13.4. The highest BCUT2D eigenvalue weighted by molar-refractivity contribution is 6.14. The number of benzene rings is 9. The van der Waals surface area contributed by atoms with Gasteiger partial charge in [-0.2, -0.15) is 0 Å². The maximum Gasteiger partial charge on any atom is 0.137 e. The second-order valence-electron chi connectivity index (χ2n) is 13.4. The molecular formula is C50H32FNO. The van der Waals surface area contributed by atoms with E-state index in [9.17, 15) is 4.39 Å². The van der Waals surface area contributed by atoms with E-state index in [1.165, 1.54) is 34.0 Å². The maximum absolute atomic E-state index is 13.9. The van der Waals surface area contributed by atoms with E-state index in [-0.39, 0.29) is 5.82 Å². The molecule has 0 aliphatic heterocycles. The zero-order valence-electron chi connectivity index (χ0n) is 28.7. The van der Waals surface area contributed by atoms with Crippen molar-refractivity contribution in [2.75, 3.05) is 4.90 Å². The number of fused-ring (bicyclic) bond motifs is 5. The van der Waals surface area contributed by atoms with Gasteiger partial charge in [-0.05, 0) is 110 Å². The van der Waals surface area contributed by atoms with E-state index in [0.717, 1.165) is 72.0 Å². The predicted molar refractivity (Wildman–Crippen MR) is 220 cm³/mol. The van der Waals surface area contributed by atoms with E-state index >= 15 is 0 Å². The van der Waals surface area contributed by atoms with Gasteiger partial charge >= 0.3 is 0 Å². The Morgan fingerprint density at radius 3 is 1.72 bits per heavy atom. The number of nitrogens with zero attached hydrogens (tertiary/aromatic N) is 1. The summed E-state index contributed by atoms with van der Waals surface area (Å²) in [5, 5.41) is 6.81.